The van der Waals surface area contributed by atoms with Crippen molar-refractivity contribution in [1.82, 2.24) is 0 Å². The Morgan fingerprint density at radius 1 is 1.28 bits per heavy atom. The van der Waals surface area contributed by atoms with E-state index in [0.717, 1.165) is 25.7 Å². The summed E-state index contributed by atoms with van der Waals surface area (Å²) in [5.41, 5.74) is 0. The van der Waals surface area contributed by atoms with Gasteiger partial charge >= 0.3 is 5.97 Å². The van der Waals surface area contributed by atoms with Gasteiger partial charge in [-0.15, -0.1) is 0 Å². The lowest BCUT2D eigenvalue weighted by Gasteiger charge is -2.39. The van der Waals surface area contributed by atoms with E-state index in [1.54, 1.807) is 6.92 Å². The largest absolute Gasteiger partial charge is 0.465 e. The van der Waals surface area contributed by atoms with Crippen molar-refractivity contribution in [3.63, 3.8) is 0 Å². The summed E-state index contributed by atoms with van der Waals surface area (Å²) in [6, 6.07) is 0. The van der Waals surface area contributed by atoms with Gasteiger partial charge in [0.1, 0.15) is 0 Å². The van der Waals surface area contributed by atoms with Crippen molar-refractivity contribution in [3.05, 3.63) is 0 Å². The molecule has 3 atom stereocenters. The van der Waals surface area contributed by atoms with Gasteiger partial charge in [-0.2, -0.15) is 0 Å². The number of hydrogen-bond donors (Lipinski definition) is 0. The van der Waals surface area contributed by atoms with Crippen LogP contribution in [0.15, 0.2) is 0 Å². The number of rotatable bonds is 2. The first-order valence-corrected chi connectivity index (χ1v) is 7.75. The Bertz CT molecular complexity index is 381. The zero-order valence-corrected chi connectivity index (χ0v) is 12.2. The van der Waals surface area contributed by atoms with E-state index < -0.39 is 4.32 Å². The minimum Gasteiger partial charge on any atom is -0.465 e. The van der Waals surface area contributed by atoms with Gasteiger partial charge in [0.05, 0.1) is 6.61 Å². The first-order chi connectivity index (χ1) is 8.55. The fourth-order valence-electron chi connectivity index (χ4n) is 4.39. The van der Waals surface area contributed by atoms with E-state index in [4.69, 9.17) is 4.74 Å². The highest BCUT2D eigenvalue weighted by atomic mass is 79.9. The molecule has 3 unspecified atom stereocenters. The fraction of sp³-hybridized carbons (Fsp3) is 0.857. The van der Waals surface area contributed by atoms with Crippen LogP contribution in [0.4, 0.5) is 0 Å². The van der Waals surface area contributed by atoms with Crippen LogP contribution < -0.4 is 0 Å². The number of esters is 1. The summed E-state index contributed by atoms with van der Waals surface area (Å²) in [6.45, 7) is 2.13. The quantitative estimate of drug-likeness (QED) is 0.447. The molecule has 4 aliphatic rings. The van der Waals surface area contributed by atoms with E-state index in [1.807, 2.05) is 0 Å². The molecule has 18 heavy (non-hydrogen) atoms. The molecule has 100 valence electrons. The van der Waals surface area contributed by atoms with Gasteiger partial charge in [-0.05, 0) is 56.8 Å². The number of alkyl halides is 1. The fourth-order valence-corrected chi connectivity index (χ4v) is 5.20. The van der Waals surface area contributed by atoms with Crippen LogP contribution in [0.2, 0.25) is 0 Å². The smallest absolute Gasteiger partial charge is 0.330 e. The number of halogens is 1. The highest BCUT2D eigenvalue weighted by Gasteiger charge is 2.60. The average Bonchev–Trinajstić information content (AvgIpc) is 2.45. The van der Waals surface area contributed by atoms with Gasteiger partial charge < -0.3 is 4.74 Å². The third-order valence-corrected chi connectivity index (χ3v) is 6.36. The molecular weight excluding hydrogens is 296 g/mol. The Morgan fingerprint density at radius 3 is 2.44 bits per heavy atom. The molecule has 4 fully saturated rings. The second-order valence-corrected chi connectivity index (χ2v) is 7.35. The number of ether oxygens (including phenoxy) is 1. The molecule has 0 spiro atoms. The highest BCUT2D eigenvalue weighted by Crippen LogP contribution is 2.56. The molecule has 3 nitrogen and oxygen atoms in total. The lowest BCUT2D eigenvalue weighted by molar-refractivity contribution is -0.151. The summed E-state index contributed by atoms with van der Waals surface area (Å²) in [6.07, 6.45) is 5.23. The van der Waals surface area contributed by atoms with E-state index >= 15 is 0 Å². The van der Waals surface area contributed by atoms with Crippen molar-refractivity contribution in [2.45, 2.75) is 43.4 Å². The SMILES string of the molecule is CCOC(=O)C1(Br)C(=O)C2CC3CC(C2)CC1C3. The molecular formula is C14H19BrO3. The topological polar surface area (TPSA) is 43.4 Å². The summed E-state index contributed by atoms with van der Waals surface area (Å²) in [4.78, 5) is 24.9. The minimum atomic E-state index is -1.04. The first-order valence-electron chi connectivity index (χ1n) is 6.96. The van der Waals surface area contributed by atoms with Crippen LogP contribution in [0.3, 0.4) is 0 Å². The van der Waals surface area contributed by atoms with E-state index in [-0.39, 0.29) is 23.6 Å². The minimum absolute atomic E-state index is 0.0741. The molecule has 0 amide bonds. The summed E-state index contributed by atoms with van der Waals surface area (Å²) >= 11 is 3.51. The van der Waals surface area contributed by atoms with E-state index in [9.17, 15) is 9.59 Å². The van der Waals surface area contributed by atoms with Crippen LogP contribution >= 0.6 is 15.9 Å². The van der Waals surface area contributed by atoms with Crippen molar-refractivity contribution in [1.29, 1.82) is 0 Å². The van der Waals surface area contributed by atoms with E-state index in [2.05, 4.69) is 15.9 Å². The monoisotopic (exact) mass is 314 g/mol. The summed E-state index contributed by atoms with van der Waals surface area (Å²) in [7, 11) is 0. The molecule has 0 aliphatic heterocycles. The van der Waals surface area contributed by atoms with Crippen molar-refractivity contribution >= 4 is 27.7 Å². The average molecular weight is 315 g/mol. The number of ketones is 1. The van der Waals surface area contributed by atoms with Gasteiger partial charge in [0.25, 0.3) is 0 Å². The molecule has 4 bridgehead atoms. The van der Waals surface area contributed by atoms with E-state index in [1.165, 1.54) is 6.42 Å². The Balaban J connectivity index is 1.98. The van der Waals surface area contributed by atoms with Gasteiger partial charge in [0.15, 0.2) is 10.1 Å². The molecule has 0 aromatic rings. The second kappa shape index (κ2) is 4.32. The highest BCUT2D eigenvalue weighted by molar-refractivity contribution is 9.10. The standard InChI is InChI=1S/C14H19BrO3/c1-2-18-13(17)14(15)11-6-8-3-9(7-11)5-10(4-8)12(14)16/h8-11H,2-7H2,1H3. The second-order valence-electron chi connectivity index (χ2n) is 6.10. The van der Waals surface area contributed by atoms with Gasteiger partial charge in [-0.1, -0.05) is 15.9 Å². The molecule has 0 aromatic heterocycles. The summed E-state index contributed by atoms with van der Waals surface area (Å²) < 4.78 is 4.12. The zero-order valence-electron chi connectivity index (χ0n) is 10.7. The number of carbonyl (C=O) groups excluding carboxylic acids is 2. The molecule has 4 saturated carbocycles. The van der Waals surface area contributed by atoms with Crippen LogP contribution in [-0.4, -0.2) is 22.7 Å². The van der Waals surface area contributed by atoms with Gasteiger partial charge in [-0.3, -0.25) is 9.59 Å². The number of Topliss-reactive ketones (excluding diaryl/α,β-unsaturated/α-hetero) is 1. The molecule has 0 radical (unpaired) electrons. The maximum Gasteiger partial charge on any atom is 0.330 e. The van der Waals surface area contributed by atoms with Gasteiger partial charge in [-0.25, -0.2) is 0 Å². The van der Waals surface area contributed by atoms with Crippen molar-refractivity contribution in [2.24, 2.45) is 23.7 Å². The zero-order chi connectivity index (χ0) is 12.9. The first kappa shape index (κ1) is 12.6. The Labute approximate surface area is 116 Å². The molecule has 4 aliphatic carbocycles. The summed E-state index contributed by atoms with van der Waals surface area (Å²) in [5, 5.41) is 0. The summed E-state index contributed by atoms with van der Waals surface area (Å²) in [5.74, 6) is 1.24. The Hall–Kier alpha value is -0.380. The molecule has 0 saturated heterocycles. The molecule has 0 heterocycles. The third-order valence-electron chi connectivity index (χ3n) is 5.00. The van der Waals surface area contributed by atoms with Crippen molar-refractivity contribution in [3.8, 4) is 0 Å². The predicted molar refractivity (Wildman–Crippen MR) is 70.3 cm³/mol. The van der Waals surface area contributed by atoms with Crippen LogP contribution in [-0.2, 0) is 14.3 Å². The number of fused-ring (bicyclic) bond motifs is 1. The number of hydrogen-bond acceptors (Lipinski definition) is 3. The molecule has 0 aromatic carbocycles. The van der Waals surface area contributed by atoms with Crippen molar-refractivity contribution < 1.29 is 14.3 Å². The lowest BCUT2D eigenvalue weighted by atomic mass is 9.67. The normalized spacial score (nSPS) is 46.0. The lowest BCUT2D eigenvalue weighted by Crippen LogP contribution is -2.49. The van der Waals surface area contributed by atoms with E-state index in [0.29, 0.717) is 18.4 Å². The molecule has 0 N–H and O–H groups in total. The van der Waals surface area contributed by atoms with Gasteiger partial charge in [0, 0.05) is 5.92 Å². The molecule has 4 rings (SSSR count). The van der Waals surface area contributed by atoms with Gasteiger partial charge in [0.2, 0.25) is 0 Å². The van der Waals surface area contributed by atoms with Crippen LogP contribution in [0.1, 0.15) is 39.0 Å². The maximum atomic E-state index is 12.7. The Kier molecular flexibility index (Phi) is 3.04. The third kappa shape index (κ3) is 1.68. The predicted octanol–water partition coefficient (Wildman–Crippen LogP) is 2.71. The Morgan fingerprint density at radius 2 is 1.89 bits per heavy atom. The maximum absolute atomic E-state index is 12.7. The van der Waals surface area contributed by atoms with Crippen LogP contribution in [0.25, 0.3) is 0 Å². The van der Waals surface area contributed by atoms with Crippen LogP contribution in [0, 0.1) is 23.7 Å². The number of carbonyl (C=O) groups is 2. The van der Waals surface area contributed by atoms with Crippen molar-refractivity contribution in [2.75, 3.05) is 6.61 Å². The van der Waals surface area contributed by atoms with Crippen LogP contribution in [0.5, 0.6) is 0 Å². The molecule has 4 heteroatoms.